The van der Waals surface area contributed by atoms with Gasteiger partial charge >= 0.3 is 0 Å². The SMILES string of the molecule is CCCOc1ccccc1CC(=O)C1CCN(Cc2nccnc2OC(C)(C)C)CC1. The maximum absolute atomic E-state index is 13.0. The molecule has 1 aliphatic heterocycles. The summed E-state index contributed by atoms with van der Waals surface area (Å²) in [6.45, 7) is 11.2. The first-order valence-electron chi connectivity index (χ1n) is 11.3. The molecule has 2 heterocycles. The molecule has 3 rings (SSSR count). The van der Waals surface area contributed by atoms with Crippen molar-refractivity contribution < 1.29 is 14.3 Å². The van der Waals surface area contributed by atoms with Gasteiger partial charge < -0.3 is 9.47 Å². The van der Waals surface area contributed by atoms with Crippen molar-refractivity contribution in [3.05, 3.63) is 47.9 Å². The molecule has 0 radical (unpaired) electrons. The second kappa shape index (κ2) is 10.7. The highest BCUT2D eigenvalue weighted by Gasteiger charge is 2.27. The number of benzene rings is 1. The van der Waals surface area contributed by atoms with Crippen LogP contribution in [-0.4, -0.2) is 45.9 Å². The molecule has 31 heavy (non-hydrogen) atoms. The topological polar surface area (TPSA) is 64.5 Å². The van der Waals surface area contributed by atoms with Crippen LogP contribution in [0.2, 0.25) is 0 Å². The minimum Gasteiger partial charge on any atom is -0.493 e. The van der Waals surface area contributed by atoms with E-state index in [-0.39, 0.29) is 11.5 Å². The first-order chi connectivity index (χ1) is 14.9. The number of aromatic nitrogens is 2. The lowest BCUT2D eigenvalue weighted by Gasteiger charge is -2.31. The molecule has 0 N–H and O–H groups in total. The van der Waals surface area contributed by atoms with Crippen LogP contribution < -0.4 is 9.47 Å². The van der Waals surface area contributed by atoms with E-state index in [1.165, 1.54) is 0 Å². The lowest BCUT2D eigenvalue weighted by atomic mass is 9.89. The Morgan fingerprint density at radius 2 is 1.84 bits per heavy atom. The summed E-state index contributed by atoms with van der Waals surface area (Å²) < 4.78 is 11.8. The summed E-state index contributed by atoms with van der Waals surface area (Å²) >= 11 is 0. The van der Waals surface area contributed by atoms with Crippen molar-refractivity contribution in [2.75, 3.05) is 19.7 Å². The number of rotatable bonds is 9. The van der Waals surface area contributed by atoms with Crippen LogP contribution in [0.4, 0.5) is 0 Å². The van der Waals surface area contributed by atoms with Crippen LogP contribution in [0.25, 0.3) is 0 Å². The molecule has 6 nitrogen and oxygen atoms in total. The van der Waals surface area contributed by atoms with Crippen LogP contribution in [-0.2, 0) is 17.8 Å². The number of ether oxygens (including phenoxy) is 2. The molecule has 0 spiro atoms. The first kappa shape index (κ1) is 23.2. The third-order valence-electron chi connectivity index (χ3n) is 5.35. The van der Waals surface area contributed by atoms with Gasteiger partial charge in [-0.3, -0.25) is 14.7 Å². The molecule has 1 saturated heterocycles. The van der Waals surface area contributed by atoms with Gasteiger partial charge in [-0.2, -0.15) is 0 Å². The van der Waals surface area contributed by atoms with Gasteiger partial charge in [0.2, 0.25) is 5.88 Å². The Balaban J connectivity index is 1.54. The molecule has 0 atom stereocenters. The zero-order valence-electron chi connectivity index (χ0n) is 19.3. The molecule has 1 aliphatic rings. The Kier molecular flexibility index (Phi) is 8.02. The first-order valence-corrected chi connectivity index (χ1v) is 11.3. The number of hydrogen-bond acceptors (Lipinski definition) is 6. The lowest BCUT2D eigenvalue weighted by Crippen LogP contribution is -2.37. The van der Waals surface area contributed by atoms with Crippen LogP contribution in [0.15, 0.2) is 36.7 Å². The summed E-state index contributed by atoms with van der Waals surface area (Å²) in [5.41, 5.74) is 1.53. The van der Waals surface area contributed by atoms with Gasteiger partial charge in [-0.25, -0.2) is 4.98 Å². The Hall–Kier alpha value is -2.47. The number of Topliss-reactive ketones (excluding diaryl/α,β-unsaturated/α-hetero) is 1. The van der Waals surface area contributed by atoms with Crippen molar-refractivity contribution in [1.29, 1.82) is 0 Å². The van der Waals surface area contributed by atoms with Gasteiger partial charge in [0, 0.05) is 36.8 Å². The van der Waals surface area contributed by atoms with E-state index in [1.54, 1.807) is 12.4 Å². The summed E-state index contributed by atoms with van der Waals surface area (Å²) in [5, 5.41) is 0. The number of piperidine rings is 1. The third-order valence-corrected chi connectivity index (χ3v) is 5.35. The molecule has 0 unspecified atom stereocenters. The summed E-state index contributed by atoms with van der Waals surface area (Å²) in [5.74, 6) is 1.84. The predicted molar refractivity (Wildman–Crippen MR) is 121 cm³/mol. The zero-order valence-corrected chi connectivity index (χ0v) is 19.3. The zero-order chi connectivity index (χ0) is 22.3. The number of hydrogen-bond donors (Lipinski definition) is 0. The Bertz CT molecular complexity index is 855. The van der Waals surface area contributed by atoms with E-state index in [0.717, 1.165) is 49.4 Å². The molecule has 0 aliphatic carbocycles. The molecule has 0 amide bonds. The second-order valence-electron chi connectivity index (χ2n) is 9.17. The van der Waals surface area contributed by atoms with E-state index in [1.807, 2.05) is 45.0 Å². The Labute approximate surface area is 186 Å². The smallest absolute Gasteiger partial charge is 0.237 e. The molecule has 0 saturated carbocycles. The summed E-state index contributed by atoms with van der Waals surface area (Å²) in [7, 11) is 0. The van der Waals surface area contributed by atoms with Crippen LogP contribution in [0.3, 0.4) is 0 Å². The van der Waals surface area contributed by atoms with E-state index >= 15 is 0 Å². The Morgan fingerprint density at radius 1 is 1.13 bits per heavy atom. The molecule has 1 aromatic carbocycles. The van der Waals surface area contributed by atoms with Gasteiger partial charge in [0.05, 0.1) is 6.61 Å². The molecular weight excluding hydrogens is 390 g/mol. The van der Waals surface area contributed by atoms with Crippen molar-refractivity contribution in [2.45, 2.75) is 65.5 Å². The van der Waals surface area contributed by atoms with Crippen molar-refractivity contribution in [2.24, 2.45) is 5.92 Å². The summed E-state index contributed by atoms with van der Waals surface area (Å²) in [6, 6.07) is 7.89. The molecule has 168 valence electrons. The van der Waals surface area contributed by atoms with E-state index < -0.39 is 0 Å². The van der Waals surface area contributed by atoms with Crippen molar-refractivity contribution >= 4 is 5.78 Å². The number of para-hydroxylation sites is 1. The highest BCUT2D eigenvalue weighted by atomic mass is 16.5. The van der Waals surface area contributed by atoms with Gasteiger partial charge in [0.15, 0.2) is 0 Å². The van der Waals surface area contributed by atoms with E-state index in [2.05, 4.69) is 21.8 Å². The fraction of sp³-hybridized carbons (Fsp3) is 0.560. The standard InChI is InChI=1S/C25H35N3O3/c1-5-16-30-23-9-7-6-8-20(23)17-22(29)19-10-14-28(15-11-19)18-21-24(27-13-12-26-21)31-25(2,3)4/h6-9,12-13,19H,5,10-11,14-18H2,1-4H3. The van der Waals surface area contributed by atoms with Crippen molar-refractivity contribution in [3.63, 3.8) is 0 Å². The molecule has 1 aromatic heterocycles. The molecule has 6 heteroatoms. The van der Waals surface area contributed by atoms with Crippen LogP contribution in [0, 0.1) is 5.92 Å². The van der Waals surface area contributed by atoms with Gasteiger partial charge in [-0.05, 0) is 59.2 Å². The molecule has 1 fully saturated rings. The van der Waals surface area contributed by atoms with Crippen LogP contribution >= 0.6 is 0 Å². The fourth-order valence-electron chi connectivity index (χ4n) is 3.80. The lowest BCUT2D eigenvalue weighted by molar-refractivity contribution is -0.123. The van der Waals surface area contributed by atoms with Gasteiger partial charge in [-0.15, -0.1) is 0 Å². The van der Waals surface area contributed by atoms with Gasteiger partial charge in [-0.1, -0.05) is 25.1 Å². The highest BCUT2D eigenvalue weighted by molar-refractivity contribution is 5.84. The number of carbonyl (C=O) groups is 1. The minimum absolute atomic E-state index is 0.0997. The summed E-state index contributed by atoms with van der Waals surface area (Å²) in [6.07, 6.45) is 6.50. The van der Waals surface area contributed by atoms with Crippen molar-refractivity contribution in [1.82, 2.24) is 14.9 Å². The van der Waals surface area contributed by atoms with Crippen molar-refractivity contribution in [3.8, 4) is 11.6 Å². The largest absolute Gasteiger partial charge is 0.493 e. The number of likely N-dealkylation sites (tertiary alicyclic amines) is 1. The minimum atomic E-state index is -0.318. The average molecular weight is 426 g/mol. The fourth-order valence-corrected chi connectivity index (χ4v) is 3.80. The molecule has 0 bridgehead atoms. The predicted octanol–water partition coefficient (Wildman–Crippen LogP) is 4.47. The maximum Gasteiger partial charge on any atom is 0.237 e. The number of ketones is 1. The van der Waals surface area contributed by atoms with Gasteiger partial charge in [0.1, 0.15) is 22.8 Å². The van der Waals surface area contributed by atoms with Crippen LogP contribution in [0.5, 0.6) is 11.6 Å². The Morgan fingerprint density at radius 3 is 2.55 bits per heavy atom. The monoisotopic (exact) mass is 425 g/mol. The van der Waals surface area contributed by atoms with E-state index in [9.17, 15) is 4.79 Å². The van der Waals surface area contributed by atoms with Gasteiger partial charge in [0.25, 0.3) is 0 Å². The quantitative estimate of drug-likeness (QED) is 0.591. The second-order valence-corrected chi connectivity index (χ2v) is 9.17. The number of nitrogens with zero attached hydrogens (tertiary/aromatic N) is 3. The summed E-state index contributed by atoms with van der Waals surface area (Å²) in [4.78, 5) is 24.2. The molecular formula is C25H35N3O3. The molecule has 2 aromatic rings. The average Bonchev–Trinajstić information content (AvgIpc) is 2.74. The third kappa shape index (κ3) is 7.03. The normalized spacial score (nSPS) is 15.6. The van der Waals surface area contributed by atoms with Crippen LogP contribution in [0.1, 0.15) is 58.2 Å². The van der Waals surface area contributed by atoms with E-state index in [0.29, 0.717) is 31.2 Å². The maximum atomic E-state index is 13.0. The number of carbonyl (C=O) groups excluding carboxylic acids is 1. The highest BCUT2D eigenvalue weighted by Crippen LogP contribution is 2.26. The van der Waals surface area contributed by atoms with E-state index in [4.69, 9.17) is 9.47 Å².